The van der Waals surface area contributed by atoms with Crippen LogP contribution in [-0.2, 0) is 10.0 Å². The highest BCUT2D eigenvalue weighted by Crippen LogP contribution is 2.44. The van der Waals surface area contributed by atoms with Gasteiger partial charge in [-0.05, 0) is 37.8 Å². The Hall–Kier alpha value is -0.870. The Morgan fingerprint density at radius 2 is 1.81 bits per heavy atom. The molecule has 1 aliphatic heterocycles. The Kier molecular flexibility index (Phi) is 2.13. The van der Waals surface area contributed by atoms with E-state index in [1.54, 1.807) is 16.4 Å². The van der Waals surface area contributed by atoms with Crippen molar-refractivity contribution in [2.75, 3.05) is 6.54 Å². The van der Waals surface area contributed by atoms with E-state index in [0.29, 0.717) is 16.9 Å². The fourth-order valence-electron chi connectivity index (χ4n) is 2.12. The van der Waals surface area contributed by atoms with Crippen LogP contribution in [0.3, 0.4) is 0 Å². The minimum absolute atomic E-state index is 0.298. The molecular weight excluding hydrogens is 222 g/mol. The van der Waals surface area contributed by atoms with E-state index in [-0.39, 0.29) is 0 Å². The SMILES string of the molecule is Cc1ccc(S(=O)(=O)N2CC2C2CC2)cc1. The highest BCUT2D eigenvalue weighted by molar-refractivity contribution is 7.89. The van der Waals surface area contributed by atoms with Gasteiger partial charge in [-0.2, -0.15) is 4.31 Å². The van der Waals surface area contributed by atoms with Crippen LogP contribution in [0.2, 0.25) is 0 Å². The lowest BCUT2D eigenvalue weighted by molar-refractivity contribution is 0.544. The van der Waals surface area contributed by atoms with Crippen LogP contribution < -0.4 is 0 Å². The largest absolute Gasteiger partial charge is 0.243 e. The molecule has 1 aliphatic carbocycles. The number of hydrogen-bond donors (Lipinski definition) is 0. The number of sulfonamides is 1. The van der Waals surface area contributed by atoms with Gasteiger partial charge in [0.15, 0.2) is 0 Å². The molecule has 0 amide bonds. The van der Waals surface area contributed by atoms with Crippen LogP contribution in [0.4, 0.5) is 0 Å². The zero-order valence-electron chi connectivity index (χ0n) is 9.26. The van der Waals surface area contributed by atoms with Gasteiger partial charge in [-0.1, -0.05) is 17.7 Å². The molecule has 0 aromatic heterocycles. The molecule has 1 saturated carbocycles. The van der Waals surface area contributed by atoms with E-state index in [4.69, 9.17) is 0 Å². The summed E-state index contributed by atoms with van der Waals surface area (Å²) in [5.74, 6) is 0.639. The summed E-state index contributed by atoms with van der Waals surface area (Å²) in [5, 5.41) is 0. The Morgan fingerprint density at radius 1 is 1.19 bits per heavy atom. The zero-order valence-corrected chi connectivity index (χ0v) is 10.1. The predicted molar refractivity (Wildman–Crippen MR) is 61.6 cm³/mol. The minimum Gasteiger partial charge on any atom is -0.207 e. The molecule has 2 atom stereocenters. The average Bonchev–Trinajstić information content (AvgIpc) is 3.10. The summed E-state index contributed by atoms with van der Waals surface area (Å²) in [6, 6.07) is 7.40. The van der Waals surface area contributed by atoms with Gasteiger partial charge in [-0.25, -0.2) is 8.42 Å². The number of rotatable bonds is 3. The third kappa shape index (κ3) is 1.66. The van der Waals surface area contributed by atoms with Crippen molar-refractivity contribution in [1.82, 2.24) is 4.31 Å². The van der Waals surface area contributed by atoms with Gasteiger partial charge in [0.25, 0.3) is 0 Å². The number of nitrogens with zero attached hydrogens (tertiary/aromatic N) is 1. The smallest absolute Gasteiger partial charge is 0.207 e. The van der Waals surface area contributed by atoms with Crippen molar-refractivity contribution in [2.24, 2.45) is 5.92 Å². The molecule has 1 heterocycles. The van der Waals surface area contributed by atoms with Crippen LogP contribution in [-0.4, -0.2) is 25.3 Å². The van der Waals surface area contributed by atoms with Crippen molar-refractivity contribution in [3.8, 4) is 0 Å². The zero-order chi connectivity index (χ0) is 11.3. The van der Waals surface area contributed by atoms with Crippen LogP contribution in [0.5, 0.6) is 0 Å². The topological polar surface area (TPSA) is 37.1 Å². The van der Waals surface area contributed by atoms with Gasteiger partial charge in [0, 0.05) is 12.6 Å². The maximum Gasteiger partial charge on any atom is 0.243 e. The fourth-order valence-corrected chi connectivity index (χ4v) is 3.75. The average molecular weight is 237 g/mol. The quantitative estimate of drug-likeness (QED) is 0.751. The lowest BCUT2D eigenvalue weighted by Gasteiger charge is -2.06. The summed E-state index contributed by atoms with van der Waals surface area (Å²) in [5.41, 5.74) is 1.09. The number of aryl methyl sites for hydroxylation is 1. The van der Waals surface area contributed by atoms with E-state index in [9.17, 15) is 8.42 Å². The van der Waals surface area contributed by atoms with Gasteiger partial charge in [0.1, 0.15) is 0 Å². The van der Waals surface area contributed by atoms with Gasteiger partial charge >= 0.3 is 0 Å². The normalized spacial score (nSPS) is 29.1. The number of hydrogen-bond acceptors (Lipinski definition) is 2. The second kappa shape index (κ2) is 3.31. The van der Waals surface area contributed by atoms with E-state index >= 15 is 0 Å². The summed E-state index contributed by atoms with van der Waals surface area (Å²) >= 11 is 0. The molecule has 2 aliphatic rings. The molecule has 0 bridgehead atoms. The second-order valence-corrected chi connectivity index (χ2v) is 6.68. The van der Waals surface area contributed by atoms with E-state index in [2.05, 4.69) is 0 Å². The minimum atomic E-state index is -3.20. The predicted octanol–water partition coefficient (Wildman–Crippen LogP) is 1.78. The van der Waals surface area contributed by atoms with Crippen molar-refractivity contribution in [1.29, 1.82) is 0 Å². The molecule has 1 saturated heterocycles. The van der Waals surface area contributed by atoms with E-state index in [1.807, 2.05) is 19.1 Å². The lowest BCUT2D eigenvalue weighted by atomic mass is 10.2. The van der Waals surface area contributed by atoms with Gasteiger partial charge < -0.3 is 0 Å². The van der Waals surface area contributed by atoms with E-state index in [1.165, 1.54) is 12.8 Å². The lowest BCUT2D eigenvalue weighted by Crippen LogP contribution is -2.15. The molecule has 2 unspecified atom stereocenters. The summed E-state index contributed by atoms with van der Waals surface area (Å²) in [4.78, 5) is 0.432. The van der Waals surface area contributed by atoms with Crippen molar-refractivity contribution >= 4 is 10.0 Å². The highest BCUT2D eigenvalue weighted by atomic mass is 32.2. The molecule has 0 spiro atoms. The Balaban J connectivity index is 1.85. The first-order valence-corrected chi connectivity index (χ1v) is 7.11. The van der Waals surface area contributed by atoms with Crippen LogP contribution >= 0.6 is 0 Å². The molecule has 2 fully saturated rings. The van der Waals surface area contributed by atoms with Crippen molar-refractivity contribution < 1.29 is 8.42 Å². The van der Waals surface area contributed by atoms with Crippen LogP contribution in [0.1, 0.15) is 18.4 Å². The van der Waals surface area contributed by atoms with Crippen LogP contribution in [0.25, 0.3) is 0 Å². The highest BCUT2D eigenvalue weighted by Gasteiger charge is 2.52. The molecule has 4 heteroatoms. The third-order valence-electron chi connectivity index (χ3n) is 3.40. The molecule has 1 aromatic carbocycles. The van der Waals surface area contributed by atoms with Crippen LogP contribution in [0.15, 0.2) is 29.2 Å². The summed E-state index contributed by atoms with van der Waals surface area (Å²) in [6.07, 6.45) is 2.40. The Labute approximate surface area is 96.1 Å². The molecule has 86 valence electrons. The monoisotopic (exact) mass is 237 g/mol. The van der Waals surface area contributed by atoms with Gasteiger partial charge in [0.05, 0.1) is 4.90 Å². The molecule has 3 rings (SSSR count). The second-order valence-electron chi connectivity index (χ2n) is 4.79. The molecule has 16 heavy (non-hydrogen) atoms. The molecule has 0 N–H and O–H groups in total. The Morgan fingerprint density at radius 3 is 2.38 bits per heavy atom. The first-order valence-electron chi connectivity index (χ1n) is 5.67. The van der Waals surface area contributed by atoms with E-state index in [0.717, 1.165) is 12.1 Å². The summed E-state index contributed by atoms with van der Waals surface area (Å²) in [6.45, 7) is 2.68. The summed E-state index contributed by atoms with van der Waals surface area (Å²) < 4.78 is 26.0. The first-order chi connectivity index (χ1) is 7.59. The third-order valence-corrected chi connectivity index (χ3v) is 5.30. The van der Waals surface area contributed by atoms with Gasteiger partial charge in [-0.15, -0.1) is 0 Å². The molecular formula is C12H15NO2S. The molecule has 1 aromatic rings. The first kappa shape index (κ1) is 10.3. The maximum absolute atomic E-state index is 12.2. The van der Waals surface area contributed by atoms with Crippen LogP contribution in [0, 0.1) is 12.8 Å². The van der Waals surface area contributed by atoms with Crippen molar-refractivity contribution in [3.05, 3.63) is 29.8 Å². The standard InChI is InChI=1S/C12H15NO2S/c1-9-2-6-11(7-3-9)16(14,15)13-8-12(13)10-4-5-10/h2-3,6-7,10,12H,4-5,8H2,1H3. The molecule has 0 radical (unpaired) electrons. The van der Waals surface area contributed by atoms with Crippen molar-refractivity contribution in [2.45, 2.75) is 30.7 Å². The van der Waals surface area contributed by atoms with Gasteiger partial charge in [0.2, 0.25) is 10.0 Å². The maximum atomic E-state index is 12.2. The van der Waals surface area contributed by atoms with Crippen molar-refractivity contribution in [3.63, 3.8) is 0 Å². The van der Waals surface area contributed by atoms with E-state index < -0.39 is 10.0 Å². The van der Waals surface area contributed by atoms with Gasteiger partial charge in [-0.3, -0.25) is 0 Å². The Bertz CT molecular complexity index is 502. The fraction of sp³-hybridized carbons (Fsp3) is 0.500. The number of benzene rings is 1. The molecule has 3 nitrogen and oxygen atoms in total. The summed E-state index contributed by atoms with van der Waals surface area (Å²) in [7, 11) is -3.20.